The number of nitrogens with zero attached hydrogens (tertiary/aromatic N) is 1. The highest BCUT2D eigenvalue weighted by molar-refractivity contribution is 4.86. The van der Waals surface area contributed by atoms with Gasteiger partial charge in [-0.05, 0) is 18.9 Å². The van der Waals surface area contributed by atoms with E-state index in [0.29, 0.717) is 6.10 Å². The summed E-state index contributed by atoms with van der Waals surface area (Å²) in [6.07, 6.45) is 1.68. The molecule has 1 heterocycles. The highest BCUT2D eigenvalue weighted by atomic mass is 16.5. The minimum atomic E-state index is 0.470. The molecule has 0 bridgehead atoms. The maximum atomic E-state index is 5.38. The van der Waals surface area contributed by atoms with Crippen LogP contribution in [0.5, 0.6) is 0 Å². The fraction of sp³-hybridized carbons (Fsp3) is 1.00. The Labute approximate surface area is 75.9 Å². The third-order valence-corrected chi connectivity index (χ3v) is 2.92. The van der Waals surface area contributed by atoms with Crippen LogP contribution < -0.4 is 0 Å². The van der Waals surface area contributed by atoms with E-state index >= 15 is 0 Å². The molecule has 2 nitrogen and oxygen atoms in total. The Morgan fingerprint density at radius 2 is 2.17 bits per heavy atom. The van der Waals surface area contributed by atoms with Crippen LogP contribution in [0.4, 0.5) is 0 Å². The molecule has 1 fully saturated rings. The zero-order valence-electron chi connectivity index (χ0n) is 8.71. The van der Waals surface area contributed by atoms with Crippen LogP contribution in [0.2, 0.25) is 0 Å². The predicted molar refractivity (Wildman–Crippen MR) is 51.3 cm³/mol. The fourth-order valence-electron chi connectivity index (χ4n) is 2.12. The third-order valence-electron chi connectivity index (χ3n) is 2.92. The summed E-state index contributed by atoms with van der Waals surface area (Å²) >= 11 is 0. The normalized spacial score (nSPS) is 31.8. The number of ether oxygens (including phenoxy) is 1. The van der Waals surface area contributed by atoms with Gasteiger partial charge in [-0.15, -0.1) is 0 Å². The first-order chi connectivity index (χ1) is 5.69. The largest absolute Gasteiger partial charge is 0.380 e. The van der Waals surface area contributed by atoms with Gasteiger partial charge >= 0.3 is 0 Å². The van der Waals surface area contributed by atoms with E-state index in [1.54, 1.807) is 0 Å². The van der Waals surface area contributed by atoms with Gasteiger partial charge in [-0.1, -0.05) is 20.8 Å². The lowest BCUT2D eigenvalue weighted by Crippen LogP contribution is -2.33. The van der Waals surface area contributed by atoms with E-state index in [2.05, 4.69) is 25.7 Å². The van der Waals surface area contributed by atoms with Gasteiger partial charge < -0.3 is 4.74 Å². The van der Waals surface area contributed by atoms with Gasteiger partial charge in [-0.25, -0.2) is 0 Å². The van der Waals surface area contributed by atoms with Crippen molar-refractivity contribution in [2.24, 2.45) is 5.92 Å². The molecule has 1 aliphatic heterocycles. The van der Waals surface area contributed by atoms with Crippen LogP contribution in [-0.2, 0) is 4.74 Å². The standard InChI is InChI=1S/C10H21NO/c1-5-11-7-9(12-4)6-10(11)8(2)3/h8-10H,5-7H2,1-4H3. The quantitative estimate of drug-likeness (QED) is 0.641. The molecule has 1 rings (SSSR count). The molecule has 12 heavy (non-hydrogen) atoms. The summed E-state index contributed by atoms with van der Waals surface area (Å²) in [4.78, 5) is 2.53. The first-order valence-electron chi connectivity index (χ1n) is 4.95. The molecular formula is C10H21NO. The third kappa shape index (κ3) is 1.99. The Kier molecular flexibility index (Phi) is 3.53. The zero-order valence-corrected chi connectivity index (χ0v) is 8.71. The summed E-state index contributed by atoms with van der Waals surface area (Å²) in [7, 11) is 1.82. The Balaban J connectivity index is 2.50. The monoisotopic (exact) mass is 171 g/mol. The van der Waals surface area contributed by atoms with Crippen LogP contribution in [-0.4, -0.2) is 37.2 Å². The first kappa shape index (κ1) is 10.0. The Bertz CT molecular complexity index is 136. The molecule has 2 heteroatoms. The molecule has 0 saturated carbocycles. The molecule has 1 aliphatic rings. The van der Waals surface area contributed by atoms with Gasteiger partial charge in [-0.2, -0.15) is 0 Å². The first-order valence-corrected chi connectivity index (χ1v) is 4.95. The minimum absolute atomic E-state index is 0.470. The lowest BCUT2D eigenvalue weighted by molar-refractivity contribution is 0.109. The van der Waals surface area contributed by atoms with E-state index in [0.717, 1.165) is 25.0 Å². The Hall–Kier alpha value is -0.0800. The van der Waals surface area contributed by atoms with E-state index < -0.39 is 0 Å². The molecular weight excluding hydrogens is 150 g/mol. The number of rotatable bonds is 3. The molecule has 0 spiro atoms. The van der Waals surface area contributed by atoms with Gasteiger partial charge in [0.05, 0.1) is 6.10 Å². The molecule has 1 saturated heterocycles. The highest BCUT2D eigenvalue weighted by Gasteiger charge is 2.32. The van der Waals surface area contributed by atoms with Crippen molar-refractivity contribution in [3.8, 4) is 0 Å². The minimum Gasteiger partial charge on any atom is -0.380 e. The molecule has 2 unspecified atom stereocenters. The van der Waals surface area contributed by atoms with Crippen LogP contribution in [0.1, 0.15) is 27.2 Å². The van der Waals surface area contributed by atoms with Crippen molar-refractivity contribution in [1.82, 2.24) is 4.90 Å². The Morgan fingerprint density at radius 1 is 1.50 bits per heavy atom. The van der Waals surface area contributed by atoms with Crippen molar-refractivity contribution in [3.63, 3.8) is 0 Å². The number of hydrogen-bond acceptors (Lipinski definition) is 2. The molecule has 0 amide bonds. The summed E-state index contributed by atoms with van der Waals surface area (Å²) in [6, 6.07) is 0.736. The second-order valence-corrected chi connectivity index (χ2v) is 3.99. The van der Waals surface area contributed by atoms with Gasteiger partial charge in [0.25, 0.3) is 0 Å². The fourth-order valence-corrected chi connectivity index (χ4v) is 2.12. The summed E-state index contributed by atoms with van der Waals surface area (Å²) < 4.78 is 5.38. The van der Waals surface area contributed by atoms with E-state index in [4.69, 9.17) is 4.74 Å². The average molecular weight is 171 g/mol. The van der Waals surface area contributed by atoms with E-state index in [9.17, 15) is 0 Å². The van der Waals surface area contributed by atoms with E-state index in [1.165, 1.54) is 6.42 Å². The number of likely N-dealkylation sites (N-methyl/N-ethyl adjacent to an activating group) is 1. The predicted octanol–water partition coefficient (Wildman–Crippen LogP) is 1.75. The van der Waals surface area contributed by atoms with Crippen molar-refractivity contribution in [2.45, 2.75) is 39.3 Å². The summed E-state index contributed by atoms with van der Waals surface area (Å²) in [5, 5.41) is 0. The van der Waals surface area contributed by atoms with Crippen LogP contribution in [0, 0.1) is 5.92 Å². The summed E-state index contributed by atoms with van der Waals surface area (Å²) in [5.74, 6) is 0.755. The molecule has 2 atom stereocenters. The molecule has 0 aromatic heterocycles. The number of methoxy groups -OCH3 is 1. The lowest BCUT2D eigenvalue weighted by Gasteiger charge is -2.25. The van der Waals surface area contributed by atoms with Gasteiger partial charge in [0, 0.05) is 19.7 Å². The van der Waals surface area contributed by atoms with Crippen molar-refractivity contribution < 1.29 is 4.74 Å². The van der Waals surface area contributed by atoms with E-state index in [1.807, 2.05) is 7.11 Å². The second-order valence-electron chi connectivity index (χ2n) is 3.99. The zero-order chi connectivity index (χ0) is 9.14. The van der Waals surface area contributed by atoms with Crippen LogP contribution in [0.3, 0.4) is 0 Å². The van der Waals surface area contributed by atoms with Gasteiger partial charge in [0.15, 0.2) is 0 Å². The smallest absolute Gasteiger partial charge is 0.0713 e. The van der Waals surface area contributed by atoms with Crippen LogP contribution in [0.25, 0.3) is 0 Å². The molecule has 0 radical (unpaired) electrons. The van der Waals surface area contributed by atoms with Crippen LogP contribution >= 0.6 is 0 Å². The molecule has 0 aromatic carbocycles. The van der Waals surface area contributed by atoms with Crippen molar-refractivity contribution in [3.05, 3.63) is 0 Å². The van der Waals surface area contributed by atoms with E-state index in [-0.39, 0.29) is 0 Å². The van der Waals surface area contributed by atoms with Gasteiger partial charge in [0.2, 0.25) is 0 Å². The van der Waals surface area contributed by atoms with Gasteiger partial charge in [0.1, 0.15) is 0 Å². The lowest BCUT2D eigenvalue weighted by atomic mass is 10.0. The highest BCUT2D eigenvalue weighted by Crippen LogP contribution is 2.24. The maximum absolute atomic E-state index is 5.38. The molecule has 72 valence electrons. The molecule has 0 aliphatic carbocycles. The molecule has 0 aromatic rings. The maximum Gasteiger partial charge on any atom is 0.0713 e. The average Bonchev–Trinajstić information content (AvgIpc) is 2.47. The van der Waals surface area contributed by atoms with Crippen molar-refractivity contribution in [2.75, 3.05) is 20.2 Å². The summed E-state index contributed by atoms with van der Waals surface area (Å²) in [5.41, 5.74) is 0. The summed E-state index contributed by atoms with van der Waals surface area (Å²) in [6.45, 7) is 9.10. The van der Waals surface area contributed by atoms with Gasteiger partial charge in [-0.3, -0.25) is 4.90 Å². The van der Waals surface area contributed by atoms with Crippen molar-refractivity contribution >= 4 is 0 Å². The SMILES string of the molecule is CCN1CC(OC)CC1C(C)C. The Morgan fingerprint density at radius 3 is 2.50 bits per heavy atom. The topological polar surface area (TPSA) is 12.5 Å². The number of likely N-dealkylation sites (tertiary alicyclic amines) is 1. The van der Waals surface area contributed by atoms with Crippen molar-refractivity contribution in [1.29, 1.82) is 0 Å². The second kappa shape index (κ2) is 4.24. The molecule has 0 N–H and O–H groups in total. The van der Waals surface area contributed by atoms with Crippen LogP contribution in [0.15, 0.2) is 0 Å². The number of hydrogen-bond donors (Lipinski definition) is 0.